The van der Waals surface area contributed by atoms with E-state index in [1.165, 1.54) is 5.56 Å². The highest BCUT2D eigenvalue weighted by atomic mass is 16.3. The monoisotopic (exact) mass is 231 g/mol. The van der Waals surface area contributed by atoms with Gasteiger partial charge in [0.15, 0.2) is 0 Å². The van der Waals surface area contributed by atoms with Gasteiger partial charge < -0.3 is 14.8 Å². The highest BCUT2D eigenvalue weighted by Gasteiger charge is 2.06. The van der Waals surface area contributed by atoms with Crippen LogP contribution in [-0.2, 0) is 6.42 Å². The van der Waals surface area contributed by atoms with E-state index in [2.05, 4.69) is 12.2 Å². The molecule has 0 fully saturated rings. The summed E-state index contributed by atoms with van der Waals surface area (Å²) in [6, 6.07) is 11.4. The second-order valence-electron chi connectivity index (χ2n) is 4.11. The number of hydrogen-bond donors (Lipinski definition) is 2. The zero-order valence-electron chi connectivity index (χ0n) is 9.89. The summed E-state index contributed by atoms with van der Waals surface area (Å²) in [5.41, 5.74) is 1.21. The Bertz CT molecular complexity index is 434. The first-order valence-corrected chi connectivity index (χ1v) is 5.80. The summed E-state index contributed by atoms with van der Waals surface area (Å²) in [5, 5.41) is 12.6. The molecule has 3 heteroatoms. The van der Waals surface area contributed by atoms with E-state index >= 15 is 0 Å². The van der Waals surface area contributed by atoms with Gasteiger partial charge in [-0.2, -0.15) is 0 Å². The van der Waals surface area contributed by atoms with E-state index in [4.69, 9.17) is 9.52 Å². The molecule has 2 N–H and O–H groups in total. The van der Waals surface area contributed by atoms with Crippen LogP contribution in [0.5, 0.6) is 5.75 Å². The van der Waals surface area contributed by atoms with Gasteiger partial charge in [0.2, 0.25) is 0 Å². The topological polar surface area (TPSA) is 45.4 Å². The lowest BCUT2D eigenvalue weighted by molar-refractivity contribution is 0.432. The van der Waals surface area contributed by atoms with Crippen molar-refractivity contribution in [3.63, 3.8) is 0 Å². The molecule has 0 aliphatic carbocycles. The number of hydrogen-bond acceptors (Lipinski definition) is 3. The van der Waals surface area contributed by atoms with Gasteiger partial charge in [-0.3, -0.25) is 0 Å². The molecule has 90 valence electrons. The van der Waals surface area contributed by atoms with Crippen molar-refractivity contribution >= 4 is 0 Å². The van der Waals surface area contributed by atoms with Gasteiger partial charge in [0.05, 0.1) is 12.3 Å². The Labute approximate surface area is 101 Å². The van der Waals surface area contributed by atoms with Crippen molar-refractivity contribution in [1.82, 2.24) is 5.32 Å². The Morgan fingerprint density at radius 1 is 1.24 bits per heavy atom. The van der Waals surface area contributed by atoms with Gasteiger partial charge >= 0.3 is 0 Å². The van der Waals surface area contributed by atoms with Crippen molar-refractivity contribution in [2.45, 2.75) is 19.4 Å². The number of nitrogens with one attached hydrogen (secondary N) is 1. The largest absolute Gasteiger partial charge is 0.508 e. The van der Waals surface area contributed by atoms with Crippen LogP contribution in [0.2, 0.25) is 0 Å². The van der Waals surface area contributed by atoms with Crippen LogP contribution in [0, 0.1) is 0 Å². The minimum atomic E-state index is 0.224. The number of aromatic hydroxyl groups is 1. The van der Waals surface area contributed by atoms with Crippen LogP contribution < -0.4 is 5.32 Å². The van der Waals surface area contributed by atoms with E-state index in [1.54, 1.807) is 18.4 Å². The Morgan fingerprint density at radius 3 is 2.65 bits per heavy atom. The number of phenols is 1. The predicted molar refractivity (Wildman–Crippen MR) is 66.9 cm³/mol. The normalized spacial score (nSPS) is 12.5. The minimum absolute atomic E-state index is 0.224. The van der Waals surface area contributed by atoms with Crippen LogP contribution in [0.25, 0.3) is 0 Å². The molecule has 0 bridgehead atoms. The molecule has 17 heavy (non-hydrogen) atoms. The fourth-order valence-electron chi connectivity index (χ4n) is 1.73. The summed E-state index contributed by atoms with van der Waals surface area (Å²) in [6.07, 6.45) is 2.62. The van der Waals surface area contributed by atoms with E-state index in [-0.39, 0.29) is 6.04 Å². The van der Waals surface area contributed by atoms with Gasteiger partial charge in [-0.25, -0.2) is 0 Å². The Hall–Kier alpha value is -1.74. The second kappa shape index (κ2) is 5.55. The van der Waals surface area contributed by atoms with Crippen molar-refractivity contribution in [2.75, 3.05) is 6.54 Å². The fraction of sp³-hybridized carbons (Fsp3) is 0.286. The van der Waals surface area contributed by atoms with Crippen molar-refractivity contribution in [1.29, 1.82) is 0 Å². The maximum absolute atomic E-state index is 9.17. The van der Waals surface area contributed by atoms with Crippen LogP contribution >= 0.6 is 0 Å². The molecule has 1 atom stereocenters. The molecule has 2 aromatic rings. The first kappa shape index (κ1) is 11.7. The Balaban J connectivity index is 1.78. The molecule has 2 rings (SSSR count). The van der Waals surface area contributed by atoms with Gasteiger partial charge in [0.25, 0.3) is 0 Å². The van der Waals surface area contributed by atoms with Crippen LogP contribution in [-0.4, -0.2) is 11.7 Å². The molecule has 0 aliphatic rings. The second-order valence-corrected chi connectivity index (χ2v) is 4.11. The van der Waals surface area contributed by atoms with E-state index < -0.39 is 0 Å². The van der Waals surface area contributed by atoms with Crippen molar-refractivity contribution in [3.05, 3.63) is 54.0 Å². The zero-order valence-corrected chi connectivity index (χ0v) is 9.89. The maximum Gasteiger partial charge on any atom is 0.120 e. The molecule has 1 aromatic heterocycles. The molecule has 1 unspecified atom stereocenters. The average molecular weight is 231 g/mol. The first-order valence-electron chi connectivity index (χ1n) is 5.80. The highest BCUT2D eigenvalue weighted by Crippen LogP contribution is 2.13. The Kier molecular flexibility index (Phi) is 3.83. The fourth-order valence-corrected chi connectivity index (χ4v) is 1.73. The van der Waals surface area contributed by atoms with E-state index in [0.717, 1.165) is 18.7 Å². The molecule has 1 aromatic carbocycles. The van der Waals surface area contributed by atoms with Crippen LogP contribution in [0.1, 0.15) is 24.3 Å². The third-order valence-corrected chi connectivity index (χ3v) is 2.77. The molecule has 0 saturated heterocycles. The van der Waals surface area contributed by atoms with Gasteiger partial charge in [0, 0.05) is 0 Å². The molecular weight excluding hydrogens is 214 g/mol. The van der Waals surface area contributed by atoms with Crippen molar-refractivity contribution in [2.24, 2.45) is 0 Å². The quantitative estimate of drug-likeness (QED) is 0.831. The SMILES string of the molecule is CC(NCCc1ccc(O)cc1)c1ccco1. The van der Waals surface area contributed by atoms with Gasteiger partial charge in [-0.1, -0.05) is 12.1 Å². The molecule has 0 spiro atoms. The van der Waals surface area contributed by atoms with E-state index in [9.17, 15) is 0 Å². The van der Waals surface area contributed by atoms with Gasteiger partial charge in [0.1, 0.15) is 11.5 Å². The van der Waals surface area contributed by atoms with Crippen molar-refractivity contribution in [3.8, 4) is 5.75 Å². The molecule has 0 aliphatic heterocycles. The predicted octanol–water partition coefficient (Wildman–Crippen LogP) is 2.88. The van der Waals surface area contributed by atoms with Crippen molar-refractivity contribution < 1.29 is 9.52 Å². The van der Waals surface area contributed by atoms with Crippen LogP contribution in [0.4, 0.5) is 0 Å². The zero-order chi connectivity index (χ0) is 12.1. The molecule has 3 nitrogen and oxygen atoms in total. The minimum Gasteiger partial charge on any atom is -0.508 e. The third kappa shape index (κ3) is 3.36. The summed E-state index contributed by atoms with van der Waals surface area (Å²) in [5.74, 6) is 1.27. The van der Waals surface area contributed by atoms with Crippen LogP contribution in [0.15, 0.2) is 47.1 Å². The van der Waals surface area contributed by atoms with Gasteiger partial charge in [-0.15, -0.1) is 0 Å². The number of phenolic OH excluding ortho intramolecular Hbond substituents is 1. The summed E-state index contributed by atoms with van der Waals surface area (Å²) >= 11 is 0. The number of benzene rings is 1. The third-order valence-electron chi connectivity index (χ3n) is 2.77. The lowest BCUT2D eigenvalue weighted by atomic mass is 10.1. The molecule has 0 radical (unpaired) electrons. The molecule has 1 heterocycles. The molecule has 0 amide bonds. The highest BCUT2D eigenvalue weighted by molar-refractivity contribution is 5.26. The summed E-state index contributed by atoms with van der Waals surface area (Å²) in [6.45, 7) is 2.96. The summed E-state index contributed by atoms with van der Waals surface area (Å²) in [7, 11) is 0. The number of furan rings is 1. The maximum atomic E-state index is 9.17. The Morgan fingerprint density at radius 2 is 2.00 bits per heavy atom. The van der Waals surface area contributed by atoms with Gasteiger partial charge in [-0.05, 0) is 49.7 Å². The summed E-state index contributed by atoms with van der Waals surface area (Å²) < 4.78 is 5.32. The lowest BCUT2D eigenvalue weighted by Crippen LogP contribution is -2.20. The van der Waals surface area contributed by atoms with Crippen LogP contribution in [0.3, 0.4) is 0 Å². The first-order chi connectivity index (χ1) is 8.25. The van der Waals surface area contributed by atoms with E-state index in [0.29, 0.717) is 5.75 Å². The lowest BCUT2D eigenvalue weighted by Gasteiger charge is -2.11. The smallest absolute Gasteiger partial charge is 0.120 e. The summed E-state index contributed by atoms with van der Waals surface area (Å²) in [4.78, 5) is 0. The standard InChI is InChI=1S/C14H17NO2/c1-11(14-3-2-10-17-14)15-9-8-12-4-6-13(16)7-5-12/h2-7,10-11,15-16H,8-9H2,1H3. The van der Waals surface area contributed by atoms with E-state index in [1.807, 2.05) is 24.3 Å². The molecular formula is C14H17NO2. The average Bonchev–Trinajstić information content (AvgIpc) is 2.85. The molecule has 0 saturated carbocycles. The number of rotatable bonds is 5.